The molecule has 1 fully saturated rings. The van der Waals surface area contributed by atoms with E-state index in [-0.39, 0.29) is 22.4 Å². The summed E-state index contributed by atoms with van der Waals surface area (Å²) in [5, 5.41) is 12.0. The Kier molecular flexibility index (Phi) is 7.33. The normalized spacial score (nSPS) is 16.0. The van der Waals surface area contributed by atoms with Crippen molar-refractivity contribution >= 4 is 52.2 Å². The number of benzene rings is 2. The van der Waals surface area contributed by atoms with E-state index in [2.05, 4.69) is 4.99 Å². The average Bonchev–Trinajstić information content (AvgIpc) is 3.40. The Balaban J connectivity index is 1.63. The molecule has 2 heterocycles. The number of hydrogen-bond donors (Lipinski definition) is 0. The van der Waals surface area contributed by atoms with Gasteiger partial charge in [-0.3, -0.25) is 9.69 Å². The number of carbonyl (C=O) groups excluding carboxylic acids is 2. The molecule has 2 aromatic carbocycles. The van der Waals surface area contributed by atoms with Crippen molar-refractivity contribution in [2.75, 3.05) is 13.7 Å². The highest BCUT2D eigenvalue weighted by Gasteiger charge is 2.34. The summed E-state index contributed by atoms with van der Waals surface area (Å²) in [5.41, 5.74) is 1.13. The highest BCUT2D eigenvalue weighted by atomic mass is 35.5. The molecule has 0 saturated carbocycles. The van der Waals surface area contributed by atoms with Crippen molar-refractivity contribution in [2.45, 2.75) is 13.8 Å². The van der Waals surface area contributed by atoms with Gasteiger partial charge >= 0.3 is 0 Å². The van der Waals surface area contributed by atoms with E-state index < -0.39 is 5.97 Å². The van der Waals surface area contributed by atoms with E-state index in [0.29, 0.717) is 39.4 Å². The molecule has 1 amide bonds. The van der Waals surface area contributed by atoms with Gasteiger partial charge in [0.15, 0.2) is 5.17 Å². The zero-order chi connectivity index (χ0) is 25.1. The summed E-state index contributed by atoms with van der Waals surface area (Å²) in [7, 11) is 1.60. The number of furan rings is 1. The molecule has 7 nitrogen and oxygen atoms in total. The summed E-state index contributed by atoms with van der Waals surface area (Å²) in [6.45, 7) is 4.60. The largest absolute Gasteiger partial charge is 0.545 e. The molecule has 1 saturated heterocycles. The summed E-state index contributed by atoms with van der Waals surface area (Å²) in [6, 6.07) is 15.2. The number of hydrogen-bond acceptors (Lipinski definition) is 7. The molecule has 0 unspecified atom stereocenters. The first kappa shape index (κ1) is 24.6. The fraction of sp³-hybridized carbons (Fsp3) is 0.192. The highest BCUT2D eigenvalue weighted by Crippen LogP contribution is 2.36. The van der Waals surface area contributed by atoms with Crippen molar-refractivity contribution in [1.82, 2.24) is 4.90 Å². The van der Waals surface area contributed by atoms with Gasteiger partial charge in [-0.1, -0.05) is 25.4 Å². The Morgan fingerprint density at radius 3 is 2.60 bits per heavy atom. The smallest absolute Gasteiger partial charge is 0.266 e. The van der Waals surface area contributed by atoms with Gasteiger partial charge in [0.25, 0.3) is 5.91 Å². The molecule has 0 spiro atoms. The maximum absolute atomic E-state index is 13.2. The standard InChI is InChI=1S/C26H23ClN2O5S/c1-15(2)14-29-24(30)23(35-26(29)28-17-5-7-18(33-3)8-6-17)13-19-9-11-22(34-19)16-4-10-21(27)20(12-16)25(31)32/h4-13,15H,14H2,1-3H3,(H,31,32)/p-1/b23-13-,28-26?. The lowest BCUT2D eigenvalue weighted by Gasteiger charge is -2.17. The molecule has 1 aromatic heterocycles. The van der Waals surface area contributed by atoms with Crippen LogP contribution in [-0.4, -0.2) is 35.6 Å². The van der Waals surface area contributed by atoms with Gasteiger partial charge in [-0.15, -0.1) is 0 Å². The van der Waals surface area contributed by atoms with E-state index in [1.54, 1.807) is 36.3 Å². The van der Waals surface area contributed by atoms with Gasteiger partial charge in [-0.2, -0.15) is 0 Å². The number of amidine groups is 1. The van der Waals surface area contributed by atoms with Gasteiger partial charge in [0, 0.05) is 28.8 Å². The van der Waals surface area contributed by atoms with Crippen LogP contribution in [0.2, 0.25) is 5.02 Å². The van der Waals surface area contributed by atoms with Crippen LogP contribution in [-0.2, 0) is 4.79 Å². The van der Waals surface area contributed by atoms with Gasteiger partial charge < -0.3 is 19.1 Å². The summed E-state index contributed by atoms with van der Waals surface area (Å²) in [5.74, 6) is 0.351. The number of carboxylic acid groups (broad SMARTS) is 1. The second kappa shape index (κ2) is 10.4. The second-order valence-corrected chi connectivity index (χ2v) is 9.61. The van der Waals surface area contributed by atoms with Gasteiger partial charge in [-0.25, -0.2) is 4.99 Å². The fourth-order valence-corrected chi connectivity index (χ4v) is 4.62. The van der Waals surface area contributed by atoms with Gasteiger partial charge in [-0.05, 0) is 72.3 Å². The Morgan fingerprint density at radius 2 is 1.94 bits per heavy atom. The minimum absolute atomic E-state index is 0.0875. The summed E-state index contributed by atoms with van der Waals surface area (Å²) in [4.78, 5) is 31.3. The summed E-state index contributed by atoms with van der Waals surface area (Å²) >= 11 is 7.20. The molecule has 0 aliphatic carbocycles. The molecule has 1 aliphatic heterocycles. The number of methoxy groups -OCH3 is 1. The first-order valence-corrected chi connectivity index (χ1v) is 12.0. The molecule has 1 aliphatic rings. The van der Waals surface area contributed by atoms with Crippen LogP contribution < -0.4 is 9.84 Å². The molecule has 35 heavy (non-hydrogen) atoms. The third-order valence-corrected chi connectivity index (χ3v) is 6.44. The quantitative estimate of drug-likeness (QED) is 0.404. The van der Waals surface area contributed by atoms with Crippen LogP contribution in [0.5, 0.6) is 5.75 Å². The summed E-state index contributed by atoms with van der Waals surface area (Å²) < 4.78 is 11.1. The lowest BCUT2D eigenvalue weighted by Crippen LogP contribution is -2.32. The topological polar surface area (TPSA) is 95.2 Å². The lowest BCUT2D eigenvalue weighted by molar-refractivity contribution is -0.255. The van der Waals surface area contributed by atoms with Crippen LogP contribution in [0.4, 0.5) is 5.69 Å². The number of thioether (sulfide) groups is 1. The zero-order valence-corrected chi connectivity index (χ0v) is 20.9. The van der Waals surface area contributed by atoms with Crippen molar-refractivity contribution in [2.24, 2.45) is 10.9 Å². The van der Waals surface area contributed by atoms with E-state index in [1.807, 2.05) is 38.1 Å². The maximum Gasteiger partial charge on any atom is 0.266 e. The number of aliphatic imine (C=N–C) groups is 1. The third kappa shape index (κ3) is 5.61. The SMILES string of the molecule is COc1ccc(N=C2S/C(=C\c3ccc(-c4ccc(Cl)c(C(=O)[O-])c4)o3)C(=O)N2CC(C)C)cc1. The Labute approximate surface area is 212 Å². The predicted molar refractivity (Wildman–Crippen MR) is 136 cm³/mol. The molecular weight excluding hydrogens is 488 g/mol. The average molecular weight is 510 g/mol. The van der Waals surface area contributed by atoms with Crippen molar-refractivity contribution in [3.63, 3.8) is 0 Å². The van der Waals surface area contributed by atoms with E-state index in [1.165, 1.54) is 23.9 Å². The van der Waals surface area contributed by atoms with E-state index in [9.17, 15) is 14.7 Å². The zero-order valence-electron chi connectivity index (χ0n) is 19.3. The van der Waals surface area contributed by atoms with Crippen LogP contribution in [0.15, 0.2) is 68.9 Å². The molecule has 3 aromatic rings. The number of rotatable bonds is 7. The Morgan fingerprint density at radius 1 is 1.20 bits per heavy atom. The van der Waals surface area contributed by atoms with Crippen LogP contribution in [0.1, 0.15) is 30.0 Å². The number of carbonyl (C=O) groups is 2. The molecule has 4 rings (SSSR count). The fourth-order valence-electron chi connectivity index (χ4n) is 3.43. The van der Waals surface area contributed by atoms with Crippen molar-refractivity contribution in [1.29, 1.82) is 0 Å². The van der Waals surface area contributed by atoms with Crippen LogP contribution >= 0.6 is 23.4 Å². The number of halogens is 1. The third-order valence-electron chi connectivity index (χ3n) is 5.10. The van der Waals surface area contributed by atoms with Crippen molar-refractivity contribution in [3.05, 3.63) is 75.8 Å². The highest BCUT2D eigenvalue weighted by molar-refractivity contribution is 8.18. The maximum atomic E-state index is 13.2. The summed E-state index contributed by atoms with van der Waals surface area (Å²) in [6.07, 6.45) is 1.66. The van der Waals surface area contributed by atoms with E-state index in [0.717, 1.165) is 5.75 Å². The number of carboxylic acids is 1. The number of amides is 1. The molecule has 0 radical (unpaired) electrons. The van der Waals surface area contributed by atoms with Crippen molar-refractivity contribution < 1.29 is 23.8 Å². The van der Waals surface area contributed by atoms with E-state index in [4.69, 9.17) is 20.8 Å². The predicted octanol–water partition coefficient (Wildman–Crippen LogP) is 5.23. The number of nitrogens with zero attached hydrogens (tertiary/aromatic N) is 2. The molecule has 0 atom stereocenters. The Hall–Kier alpha value is -3.49. The number of aromatic carboxylic acids is 1. The Bertz CT molecular complexity index is 1330. The molecule has 0 bridgehead atoms. The van der Waals surface area contributed by atoms with Gasteiger partial charge in [0.05, 0.1) is 23.7 Å². The monoisotopic (exact) mass is 509 g/mol. The van der Waals surface area contributed by atoms with Gasteiger partial charge in [0.1, 0.15) is 17.3 Å². The molecule has 0 N–H and O–H groups in total. The minimum Gasteiger partial charge on any atom is -0.545 e. The van der Waals surface area contributed by atoms with Gasteiger partial charge in [0.2, 0.25) is 0 Å². The van der Waals surface area contributed by atoms with Crippen LogP contribution in [0.25, 0.3) is 17.4 Å². The van der Waals surface area contributed by atoms with E-state index >= 15 is 0 Å². The first-order valence-electron chi connectivity index (χ1n) is 10.8. The molecule has 9 heteroatoms. The second-order valence-electron chi connectivity index (χ2n) is 8.20. The first-order chi connectivity index (χ1) is 16.7. The molecule has 180 valence electrons. The van der Waals surface area contributed by atoms with Crippen LogP contribution in [0, 0.1) is 5.92 Å². The van der Waals surface area contributed by atoms with Crippen LogP contribution in [0.3, 0.4) is 0 Å². The number of ether oxygens (including phenoxy) is 1. The molecular formula is C26H22ClN2O5S-. The minimum atomic E-state index is -1.37. The lowest BCUT2D eigenvalue weighted by atomic mass is 10.1. The van der Waals surface area contributed by atoms with Crippen molar-refractivity contribution in [3.8, 4) is 17.1 Å².